The number of carbonyl (C=O) groups excluding carboxylic acids is 1. The van der Waals surface area contributed by atoms with Gasteiger partial charge in [0.2, 0.25) is 15.7 Å². The number of benzene rings is 2. The molecule has 0 fully saturated rings. The molecule has 1 heterocycles. The van der Waals surface area contributed by atoms with Crippen molar-refractivity contribution < 1.29 is 13.2 Å². The van der Waals surface area contributed by atoms with Gasteiger partial charge in [-0.2, -0.15) is 0 Å². The summed E-state index contributed by atoms with van der Waals surface area (Å²) >= 11 is 0. The van der Waals surface area contributed by atoms with Gasteiger partial charge in [-0.05, 0) is 56.7 Å². The van der Waals surface area contributed by atoms with Crippen LogP contribution in [0.3, 0.4) is 0 Å². The Labute approximate surface area is 169 Å². The lowest BCUT2D eigenvalue weighted by Gasteiger charge is -2.15. The Morgan fingerprint density at radius 2 is 1.59 bits per heavy atom. The standard InChI is InChI=1S/C22H22N2O4S/c1-15-9-11-18(12-10-15)23-20(25)14-24-17(3)13-16(2)21(22(24)26)29(27,28)19-7-5-4-6-8-19/h4-13H,14H2,1-3H3,(H,23,25). The highest BCUT2D eigenvalue weighted by molar-refractivity contribution is 7.91. The number of sulfone groups is 1. The summed E-state index contributed by atoms with van der Waals surface area (Å²) < 4.78 is 27.3. The maximum Gasteiger partial charge on any atom is 0.270 e. The maximum absolute atomic E-state index is 13.1. The molecule has 0 spiro atoms. The number of aromatic nitrogens is 1. The largest absolute Gasteiger partial charge is 0.325 e. The van der Waals surface area contributed by atoms with E-state index in [1.807, 2.05) is 19.1 Å². The number of hydrogen-bond donors (Lipinski definition) is 1. The van der Waals surface area contributed by atoms with Gasteiger partial charge in [-0.15, -0.1) is 0 Å². The predicted octanol–water partition coefficient (Wildman–Crippen LogP) is 3.25. The Bertz CT molecular complexity index is 1210. The van der Waals surface area contributed by atoms with Gasteiger partial charge in [0.05, 0.1) is 4.90 Å². The smallest absolute Gasteiger partial charge is 0.270 e. The molecule has 1 N–H and O–H groups in total. The lowest BCUT2D eigenvalue weighted by molar-refractivity contribution is -0.116. The Balaban J connectivity index is 1.98. The summed E-state index contributed by atoms with van der Waals surface area (Å²) in [4.78, 5) is 25.3. The van der Waals surface area contributed by atoms with Gasteiger partial charge in [-0.1, -0.05) is 35.9 Å². The molecule has 3 aromatic rings. The van der Waals surface area contributed by atoms with Crippen LogP contribution in [0.25, 0.3) is 0 Å². The quantitative estimate of drug-likeness (QED) is 0.700. The van der Waals surface area contributed by atoms with E-state index in [9.17, 15) is 18.0 Å². The number of hydrogen-bond acceptors (Lipinski definition) is 4. The van der Waals surface area contributed by atoms with Gasteiger partial charge >= 0.3 is 0 Å². The summed E-state index contributed by atoms with van der Waals surface area (Å²) in [5.41, 5.74) is 1.83. The average molecular weight is 410 g/mol. The van der Waals surface area contributed by atoms with E-state index in [0.29, 0.717) is 16.9 Å². The average Bonchev–Trinajstić information content (AvgIpc) is 2.67. The second kappa shape index (κ2) is 8.05. The number of amides is 1. The number of nitrogens with one attached hydrogen (secondary N) is 1. The fourth-order valence-electron chi connectivity index (χ4n) is 3.13. The molecule has 2 aromatic carbocycles. The van der Waals surface area contributed by atoms with E-state index in [-0.39, 0.29) is 16.3 Å². The molecule has 3 rings (SSSR count). The minimum absolute atomic E-state index is 0.0414. The molecule has 1 amide bonds. The number of pyridine rings is 1. The van der Waals surface area contributed by atoms with Crippen LogP contribution in [0.1, 0.15) is 16.8 Å². The van der Waals surface area contributed by atoms with Crippen molar-refractivity contribution >= 4 is 21.4 Å². The van der Waals surface area contributed by atoms with Crippen molar-refractivity contribution in [1.82, 2.24) is 4.57 Å². The third kappa shape index (κ3) is 4.30. The van der Waals surface area contributed by atoms with E-state index < -0.39 is 21.3 Å². The van der Waals surface area contributed by atoms with Crippen LogP contribution < -0.4 is 10.9 Å². The molecule has 1 aromatic heterocycles. The van der Waals surface area contributed by atoms with E-state index >= 15 is 0 Å². The Morgan fingerprint density at radius 1 is 0.966 bits per heavy atom. The zero-order valence-corrected chi connectivity index (χ0v) is 17.3. The lowest BCUT2D eigenvalue weighted by Crippen LogP contribution is -2.33. The van der Waals surface area contributed by atoms with Gasteiger partial charge in [0.1, 0.15) is 11.4 Å². The predicted molar refractivity (Wildman–Crippen MR) is 112 cm³/mol. The minimum Gasteiger partial charge on any atom is -0.325 e. The Kier molecular flexibility index (Phi) is 5.70. The van der Waals surface area contributed by atoms with Crippen molar-refractivity contribution in [3.63, 3.8) is 0 Å². The second-order valence-corrected chi connectivity index (χ2v) is 8.81. The summed E-state index contributed by atoms with van der Waals surface area (Å²) in [7, 11) is -4.00. The summed E-state index contributed by atoms with van der Waals surface area (Å²) in [6.07, 6.45) is 0. The van der Waals surface area contributed by atoms with Crippen LogP contribution in [0.15, 0.2) is 75.2 Å². The van der Waals surface area contributed by atoms with Gasteiger partial charge in [0, 0.05) is 11.4 Å². The Hall–Kier alpha value is -3.19. The molecule has 29 heavy (non-hydrogen) atoms. The number of carbonyl (C=O) groups is 1. The number of nitrogens with zero attached hydrogens (tertiary/aromatic N) is 1. The zero-order valence-electron chi connectivity index (χ0n) is 16.5. The first-order chi connectivity index (χ1) is 13.7. The number of aryl methyl sites for hydroxylation is 3. The highest BCUT2D eigenvalue weighted by atomic mass is 32.2. The van der Waals surface area contributed by atoms with E-state index in [1.54, 1.807) is 50.2 Å². The van der Waals surface area contributed by atoms with Crippen LogP contribution in [0.4, 0.5) is 5.69 Å². The number of anilines is 1. The van der Waals surface area contributed by atoms with Crippen LogP contribution in [0.5, 0.6) is 0 Å². The highest BCUT2D eigenvalue weighted by Gasteiger charge is 2.26. The summed E-state index contributed by atoms with van der Waals surface area (Å²) in [5, 5.41) is 2.73. The first-order valence-electron chi connectivity index (χ1n) is 9.08. The fourth-order valence-corrected chi connectivity index (χ4v) is 4.70. The SMILES string of the molecule is Cc1ccc(NC(=O)Cn2c(C)cc(C)c(S(=O)(=O)c3ccccc3)c2=O)cc1. The van der Waals surface area contributed by atoms with Crippen molar-refractivity contribution in [2.75, 3.05) is 5.32 Å². The molecule has 0 aliphatic rings. The highest BCUT2D eigenvalue weighted by Crippen LogP contribution is 2.21. The van der Waals surface area contributed by atoms with Crippen molar-refractivity contribution in [2.45, 2.75) is 37.1 Å². The van der Waals surface area contributed by atoms with Crippen LogP contribution in [0.2, 0.25) is 0 Å². The molecule has 0 saturated heterocycles. The van der Waals surface area contributed by atoms with Crippen LogP contribution in [-0.2, 0) is 21.2 Å². The van der Waals surface area contributed by atoms with E-state index in [2.05, 4.69) is 5.32 Å². The molecular weight excluding hydrogens is 388 g/mol. The molecule has 6 nitrogen and oxygen atoms in total. The first-order valence-corrected chi connectivity index (χ1v) is 10.6. The monoisotopic (exact) mass is 410 g/mol. The van der Waals surface area contributed by atoms with E-state index in [1.165, 1.54) is 16.7 Å². The molecule has 0 radical (unpaired) electrons. The topological polar surface area (TPSA) is 85.2 Å². The van der Waals surface area contributed by atoms with Gasteiger partial charge in [-0.3, -0.25) is 9.59 Å². The van der Waals surface area contributed by atoms with Gasteiger partial charge in [0.25, 0.3) is 5.56 Å². The molecule has 7 heteroatoms. The van der Waals surface area contributed by atoms with Crippen LogP contribution in [0, 0.1) is 20.8 Å². The maximum atomic E-state index is 13.1. The fraction of sp³-hybridized carbons (Fsp3) is 0.182. The van der Waals surface area contributed by atoms with Gasteiger partial charge < -0.3 is 9.88 Å². The van der Waals surface area contributed by atoms with Crippen molar-refractivity contribution in [2.24, 2.45) is 0 Å². The summed E-state index contributed by atoms with van der Waals surface area (Å²) in [5.74, 6) is -0.411. The zero-order chi connectivity index (χ0) is 21.2. The second-order valence-electron chi connectivity index (χ2n) is 6.92. The van der Waals surface area contributed by atoms with Crippen molar-refractivity contribution in [1.29, 1.82) is 0 Å². The third-order valence-corrected chi connectivity index (χ3v) is 6.53. The van der Waals surface area contributed by atoms with Crippen molar-refractivity contribution in [3.8, 4) is 0 Å². The van der Waals surface area contributed by atoms with Crippen LogP contribution >= 0.6 is 0 Å². The molecule has 0 unspecified atom stereocenters. The number of rotatable bonds is 5. The molecule has 150 valence electrons. The summed E-state index contributed by atoms with van der Waals surface area (Å²) in [6, 6.07) is 16.7. The van der Waals surface area contributed by atoms with Crippen LogP contribution in [-0.4, -0.2) is 18.9 Å². The normalized spacial score (nSPS) is 11.3. The summed E-state index contributed by atoms with van der Waals surface area (Å²) in [6.45, 7) is 4.92. The molecule has 0 saturated carbocycles. The van der Waals surface area contributed by atoms with Gasteiger partial charge in [-0.25, -0.2) is 8.42 Å². The molecule has 0 bridgehead atoms. The minimum atomic E-state index is -4.00. The van der Waals surface area contributed by atoms with E-state index in [4.69, 9.17) is 0 Å². The lowest BCUT2D eigenvalue weighted by atomic mass is 10.2. The molecule has 0 aliphatic heterocycles. The van der Waals surface area contributed by atoms with Crippen molar-refractivity contribution in [3.05, 3.63) is 87.8 Å². The first kappa shape index (κ1) is 20.5. The third-order valence-electron chi connectivity index (χ3n) is 4.61. The molecule has 0 aliphatic carbocycles. The Morgan fingerprint density at radius 3 is 2.21 bits per heavy atom. The molecule has 0 atom stereocenters. The van der Waals surface area contributed by atoms with Gasteiger partial charge in [0.15, 0.2) is 0 Å². The molecular formula is C22H22N2O4S. The van der Waals surface area contributed by atoms with E-state index in [0.717, 1.165) is 5.56 Å².